The van der Waals surface area contributed by atoms with E-state index in [1.54, 1.807) is 0 Å². The maximum Gasteiger partial charge on any atom is 0.122 e. The quantitative estimate of drug-likeness (QED) is 0.778. The Balaban J connectivity index is 2.36. The number of rotatable bonds is 8. The Labute approximate surface area is 115 Å². The van der Waals surface area contributed by atoms with Gasteiger partial charge in [0.25, 0.3) is 0 Å². The molecule has 1 aromatic carbocycles. The van der Waals surface area contributed by atoms with Gasteiger partial charge in [-0.2, -0.15) is 5.26 Å². The number of likely N-dealkylation sites (N-methyl/N-ethyl adjacent to an activating group) is 1. The molecule has 0 aliphatic rings. The number of aliphatic hydroxyl groups is 1. The zero-order valence-electron chi connectivity index (χ0n) is 11.7. The summed E-state index contributed by atoms with van der Waals surface area (Å²) in [6.07, 6.45) is -0.0580. The summed E-state index contributed by atoms with van der Waals surface area (Å²) in [6.45, 7) is 6.31. The number of aryl methyl sites for hydroxylation is 1. The number of ether oxygens (including phenoxy) is 1. The van der Waals surface area contributed by atoms with Crippen LogP contribution in [0, 0.1) is 18.3 Å². The molecule has 4 heteroatoms. The average molecular weight is 262 g/mol. The molecule has 0 saturated heterocycles. The molecule has 0 aromatic heterocycles. The predicted molar refractivity (Wildman–Crippen MR) is 75.0 cm³/mol. The molecule has 19 heavy (non-hydrogen) atoms. The van der Waals surface area contributed by atoms with E-state index in [0.717, 1.165) is 17.9 Å². The van der Waals surface area contributed by atoms with E-state index in [2.05, 4.69) is 11.0 Å². The molecule has 104 valence electrons. The molecule has 0 aliphatic carbocycles. The summed E-state index contributed by atoms with van der Waals surface area (Å²) in [5, 5.41) is 18.5. The fraction of sp³-hybridized carbons (Fsp3) is 0.533. The van der Waals surface area contributed by atoms with Gasteiger partial charge in [0, 0.05) is 19.5 Å². The van der Waals surface area contributed by atoms with E-state index in [9.17, 15) is 5.11 Å². The zero-order chi connectivity index (χ0) is 14.1. The van der Waals surface area contributed by atoms with Crippen molar-refractivity contribution in [1.29, 1.82) is 5.26 Å². The van der Waals surface area contributed by atoms with Crippen molar-refractivity contribution >= 4 is 0 Å². The summed E-state index contributed by atoms with van der Waals surface area (Å²) >= 11 is 0. The van der Waals surface area contributed by atoms with Crippen molar-refractivity contribution in [3.05, 3.63) is 29.8 Å². The second-order valence-corrected chi connectivity index (χ2v) is 4.53. The third-order valence-corrected chi connectivity index (χ3v) is 2.98. The first-order valence-corrected chi connectivity index (χ1v) is 6.63. The van der Waals surface area contributed by atoms with E-state index in [0.29, 0.717) is 19.5 Å². The highest BCUT2D eigenvalue weighted by molar-refractivity contribution is 5.31. The van der Waals surface area contributed by atoms with Crippen LogP contribution in [0.1, 0.15) is 18.9 Å². The molecule has 0 radical (unpaired) electrons. The smallest absolute Gasteiger partial charge is 0.122 e. The molecule has 0 fully saturated rings. The molecule has 0 heterocycles. The molecule has 0 aliphatic heterocycles. The minimum atomic E-state index is -0.543. The Bertz CT molecular complexity index is 415. The summed E-state index contributed by atoms with van der Waals surface area (Å²) in [6, 6.07) is 9.87. The number of hydrogen-bond donors (Lipinski definition) is 1. The third kappa shape index (κ3) is 5.73. The lowest BCUT2D eigenvalue weighted by atomic mass is 10.2. The Morgan fingerprint density at radius 3 is 2.79 bits per heavy atom. The number of nitriles is 1. The van der Waals surface area contributed by atoms with Crippen LogP contribution in [-0.4, -0.2) is 42.4 Å². The Kier molecular flexibility index (Phi) is 6.94. The van der Waals surface area contributed by atoms with E-state index < -0.39 is 6.10 Å². The van der Waals surface area contributed by atoms with Crippen LogP contribution in [0.2, 0.25) is 0 Å². The van der Waals surface area contributed by atoms with Crippen LogP contribution in [0.5, 0.6) is 5.75 Å². The predicted octanol–water partition coefficient (Wildman–Crippen LogP) is 1.97. The molecule has 1 N–H and O–H groups in total. The van der Waals surface area contributed by atoms with Crippen molar-refractivity contribution in [2.45, 2.75) is 26.4 Å². The van der Waals surface area contributed by atoms with Gasteiger partial charge in [0.15, 0.2) is 0 Å². The number of aliphatic hydroxyl groups excluding tert-OH is 1. The van der Waals surface area contributed by atoms with E-state index in [-0.39, 0.29) is 6.61 Å². The molecular formula is C15H22N2O2. The number of para-hydroxylation sites is 1. The Morgan fingerprint density at radius 1 is 1.42 bits per heavy atom. The fourth-order valence-electron chi connectivity index (χ4n) is 1.84. The van der Waals surface area contributed by atoms with Gasteiger partial charge >= 0.3 is 0 Å². The van der Waals surface area contributed by atoms with Gasteiger partial charge in [-0.15, -0.1) is 0 Å². The van der Waals surface area contributed by atoms with E-state index in [4.69, 9.17) is 10.00 Å². The van der Waals surface area contributed by atoms with Crippen molar-refractivity contribution < 1.29 is 9.84 Å². The number of hydrogen-bond acceptors (Lipinski definition) is 4. The van der Waals surface area contributed by atoms with Crippen molar-refractivity contribution in [1.82, 2.24) is 4.90 Å². The highest BCUT2D eigenvalue weighted by Gasteiger charge is 2.11. The first kappa shape index (κ1) is 15.5. The van der Waals surface area contributed by atoms with Gasteiger partial charge in [0.1, 0.15) is 18.5 Å². The first-order valence-electron chi connectivity index (χ1n) is 6.63. The SMILES string of the molecule is CCN(CCC#N)CC(O)COc1ccccc1C. The lowest BCUT2D eigenvalue weighted by Gasteiger charge is -2.22. The van der Waals surface area contributed by atoms with Crippen LogP contribution in [0.3, 0.4) is 0 Å². The van der Waals surface area contributed by atoms with Gasteiger partial charge in [0.2, 0.25) is 0 Å². The van der Waals surface area contributed by atoms with E-state index >= 15 is 0 Å². The van der Waals surface area contributed by atoms with Crippen molar-refractivity contribution in [3.8, 4) is 11.8 Å². The normalized spacial score (nSPS) is 12.2. The van der Waals surface area contributed by atoms with E-state index in [1.807, 2.05) is 38.1 Å². The molecule has 1 atom stereocenters. The molecule has 0 amide bonds. The lowest BCUT2D eigenvalue weighted by molar-refractivity contribution is 0.0703. The second kappa shape index (κ2) is 8.52. The van der Waals surface area contributed by atoms with Crippen LogP contribution >= 0.6 is 0 Å². The molecule has 0 bridgehead atoms. The zero-order valence-corrected chi connectivity index (χ0v) is 11.7. The average Bonchev–Trinajstić information content (AvgIpc) is 2.42. The maximum absolute atomic E-state index is 9.95. The lowest BCUT2D eigenvalue weighted by Crippen LogP contribution is -2.36. The standard InChI is InChI=1S/C15H22N2O2/c1-3-17(10-6-9-16)11-14(18)12-19-15-8-5-4-7-13(15)2/h4-5,7-8,14,18H,3,6,10-12H2,1-2H3. The molecular weight excluding hydrogens is 240 g/mol. The summed E-state index contributed by atoms with van der Waals surface area (Å²) in [4.78, 5) is 2.05. The van der Waals surface area contributed by atoms with Gasteiger partial charge in [-0.1, -0.05) is 25.1 Å². The highest BCUT2D eigenvalue weighted by atomic mass is 16.5. The molecule has 1 aromatic rings. The molecule has 0 spiro atoms. The molecule has 1 unspecified atom stereocenters. The highest BCUT2D eigenvalue weighted by Crippen LogP contribution is 2.16. The summed E-state index contributed by atoms with van der Waals surface area (Å²) in [7, 11) is 0. The summed E-state index contributed by atoms with van der Waals surface area (Å²) in [5.41, 5.74) is 1.06. The first-order chi connectivity index (χ1) is 9.17. The van der Waals surface area contributed by atoms with Crippen LogP contribution in [-0.2, 0) is 0 Å². The third-order valence-electron chi connectivity index (χ3n) is 2.98. The topological polar surface area (TPSA) is 56.5 Å². The van der Waals surface area contributed by atoms with Crippen LogP contribution in [0.25, 0.3) is 0 Å². The largest absolute Gasteiger partial charge is 0.491 e. The van der Waals surface area contributed by atoms with E-state index in [1.165, 1.54) is 0 Å². The molecule has 4 nitrogen and oxygen atoms in total. The minimum absolute atomic E-state index is 0.272. The number of benzene rings is 1. The molecule has 1 rings (SSSR count). The maximum atomic E-state index is 9.95. The monoisotopic (exact) mass is 262 g/mol. The summed E-state index contributed by atoms with van der Waals surface area (Å²) < 4.78 is 5.61. The van der Waals surface area contributed by atoms with Crippen LogP contribution in [0.15, 0.2) is 24.3 Å². The van der Waals surface area contributed by atoms with Gasteiger partial charge < -0.3 is 9.84 Å². The second-order valence-electron chi connectivity index (χ2n) is 4.53. The Morgan fingerprint density at radius 2 is 2.16 bits per heavy atom. The number of nitrogens with zero attached hydrogens (tertiary/aromatic N) is 2. The van der Waals surface area contributed by atoms with Crippen molar-refractivity contribution in [3.63, 3.8) is 0 Å². The van der Waals surface area contributed by atoms with Crippen LogP contribution in [0.4, 0.5) is 0 Å². The Hall–Kier alpha value is -1.57. The van der Waals surface area contributed by atoms with Crippen LogP contribution < -0.4 is 4.74 Å². The van der Waals surface area contributed by atoms with Gasteiger partial charge in [-0.25, -0.2) is 0 Å². The van der Waals surface area contributed by atoms with Gasteiger partial charge in [0.05, 0.1) is 6.07 Å². The van der Waals surface area contributed by atoms with Gasteiger partial charge in [-0.3, -0.25) is 4.90 Å². The summed E-state index contributed by atoms with van der Waals surface area (Å²) in [5.74, 6) is 0.807. The van der Waals surface area contributed by atoms with Crippen molar-refractivity contribution in [2.75, 3.05) is 26.2 Å². The van der Waals surface area contributed by atoms with Gasteiger partial charge in [-0.05, 0) is 25.1 Å². The minimum Gasteiger partial charge on any atom is -0.491 e. The fourth-order valence-corrected chi connectivity index (χ4v) is 1.84. The molecule has 0 saturated carbocycles. The van der Waals surface area contributed by atoms with Crippen molar-refractivity contribution in [2.24, 2.45) is 0 Å².